The van der Waals surface area contributed by atoms with E-state index in [1.807, 2.05) is 0 Å². The number of hydrogen-bond acceptors (Lipinski definition) is 6. The molecular formula is C11H10ClN5O3S. The van der Waals surface area contributed by atoms with E-state index in [-0.39, 0.29) is 22.3 Å². The van der Waals surface area contributed by atoms with E-state index in [9.17, 15) is 14.9 Å². The second-order valence-electron chi connectivity index (χ2n) is 3.96. The van der Waals surface area contributed by atoms with E-state index in [2.05, 4.69) is 20.5 Å². The summed E-state index contributed by atoms with van der Waals surface area (Å²) in [5, 5.41) is 19.8. The van der Waals surface area contributed by atoms with Crippen LogP contribution in [0.2, 0.25) is 5.02 Å². The molecule has 0 saturated heterocycles. The number of carbonyl (C=O) groups excluding carboxylic acids is 1. The summed E-state index contributed by atoms with van der Waals surface area (Å²) in [4.78, 5) is 26.1. The van der Waals surface area contributed by atoms with Crippen LogP contribution in [0, 0.1) is 10.1 Å². The number of H-pyrrole nitrogens is 1. The molecule has 2 rings (SSSR count). The average Bonchev–Trinajstić information content (AvgIpc) is 2.93. The molecule has 2 N–H and O–H groups in total. The third-order valence-electron chi connectivity index (χ3n) is 2.47. The number of benzene rings is 1. The van der Waals surface area contributed by atoms with E-state index in [1.54, 1.807) is 6.92 Å². The molecule has 1 atom stereocenters. The van der Waals surface area contributed by atoms with Crippen LogP contribution < -0.4 is 5.32 Å². The minimum atomic E-state index is -0.557. The number of nitrogens with one attached hydrogen (secondary N) is 2. The van der Waals surface area contributed by atoms with Gasteiger partial charge in [-0.25, -0.2) is 4.98 Å². The van der Waals surface area contributed by atoms with E-state index >= 15 is 0 Å². The lowest BCUT2D eigenvalue weighted by atomic mass is 10.2. The number of rotatable bonds is 5. The largest absolute Gasteiger partial charge is 0.324 e. The smallest absolute Gasteiger partial charge is 0.271 e. The molecule has 110 valence electrons. The molecule has 0 bridgehead atoms. The Hall–Kier alpha value is -2.13. The van der Waals surface area contributed by atoms with Gasteiger partial charge in [0.25, 0.3) is 5.69 Å². The van der Waals surface area contributed by atoms with Crippen molar-refractivity contribution in [1.82, 2.24) is 15.2 Å². The first-order valence-corrected chi connectivity index (χ1v) is 7.00. The van der Waals surface area contributed by atoms with Gasteiger partial charge in [0, 0.05) is 12.1 Å². The summed E-state index contributed by atoms with van der Waals surface area (Å²) in [6, 6.07) is 3.85. The topological polar surface area (TPSA) is 114 Å². The summed E-state index contributed by atoms with van der Waals surface area (Å²) in [6.07, 6.45) is 1.34. The number of nitro benzene ring substituents is 1. The molecule has 0 radical (unpaired) electrons. The van der Waals surface area contributed by atoms with Crippen LogP contribution in [0.3, 0.4) is 0 Å². The summed E-state index contributed by atoms with van der Waals surface area (Å²) in [5.41, 5.74) is 0.0473. The monoisotopic (exact) mass is 327 g/mol. The molecular weight excluding hydrogens is 318 g/mol. The van der Waals surface area contributed by atoms with Crippen molar-refractivity contribution >= 4 is 40.6 Å². The van der Waals surface area contributed by atoms with Gasteiger partial charge in [-0.15, -0.1) is 0 Å². The van der Waals surface area contributed by atoms with Crippen LogP contribution >= 0.6 is 23.4 Å². The molecule has 0 aliphatic rings. The molecule has 0 fully saturated rings. The lowest BCUT2D eigenvalue weighted by Gasteiger charge is -2.11. The number of nitro groups is 1. The highest BCUT2D eigenvalue weighted by Gasteiger charge is 2.18. The molecule has 21 heavy (non-hydrogen) atoms. The van der Waals surface area contributed by atoms with Gasteiger partial charge >= 0.3 is 0 Å². The van der Waals surface area contributed by atoms with Crippen molar-refractivity contribution in [2.24, 2.45) is 0 Å². The molecule has 1 aromatic carbocycles. The van der Waals surface area contributed by atoms with Crippen LogP contribution in [-0.4, -0.2) is 31.3 Å². The SMILES string of the molecule is C[C@@H](Sc1ncn[nH]1)C(=O)Nc1cc([N+](=O)[O-])ccc1Cl. The van der Waals surface area contributed by atoms with Gasteiger partial charge < -0.3 is 5.32 Å². The molecule has 10 heteroatoms. The number of hydrogen-bond donors (Lipinski definition) is 2. The molecule has 1 amide bonds. The molecule has 0 unspecified atom stereocenters. The van der Waals surface area contributed by atoms with E-state index < -0.39 is 10.2 Å². The van der Waals surface area contributed by atoms with Gasteiger partial charge in [-0.3, -0.25) is 20.0 Å². The van der Waals surface area contributed by atoms with Crippen LogP contribution in [0.5, 0.6) is 0 Å². The molecule has 8 nitrogen and oxygen atoms in total. The highest BCUT2D eigenvalue weighted by molar-refractivity contribution is 8.00. The number of thioether (sulfide) groups is 1. The highest BCUT2D eigenvalue weighted by Crippen LogP contribution is 2.28. The number of aromatic nitrogens is 3. The van der Waals surface area contributed by atoms with Crippen LogP contribution in [0.25, 0.3) is 0 Å². The number of nitrogens with zero attached hydrogens (tertiary/aromatic N) is 3. The fourth-order valence-corrected chi connectivity index (χ4v) is 2.31. The Balaban J connectivity index is 2.08. The number of halogens is 1. The van der Waals surface area contributed by atoms with E-state index in [0.29, 0.717) is 5.16 Å². The summed E-state index contributed by atoms with van der Waals surface area (Å²) < 4.78 is 0. The fraction of sp³-hybridized carbons (Fsp3) is 0.182. The van der Waals surface area contributed by atoms with Crippen molar-refractivity contribution in [2.75, 3.05) is 5.32 Å². The third kappa shape index (κ3) is 3.92. The standard InChI is InChI=1S/C11H10ClN5O3S/c1-6(21-11-13-5-14-16-11)10(18)15-9-4-7(17(19)20)2-3-8(9)12/h2-6H,1H3,(H,15,18)(H,13,14,16)/t6-/m1/s1. The fourth-order valence-electron chi connectivity index (χ4n) is 1.43. The predicted octanol–water partition coefficient (Wildman–Crippen LogP) is 2.49. The van der Waals surface area contributed by atoms with Crippen molar-refractivity contribution in [1.29, 1.82) is 0 Å². The Labute approximate surface area is 128 Å². The molecule has 0 aliphatic carbocycles. The Morgan fingerprint density at radius 3 is 2.95 bits per heavy atom. The van der Waals surface area contributed by atoms with Crippen LogP contribution in [0.15, 0.2) is 29.7 Å². The first-order chi connectivity index (χ1) is 9.97. The molecule has 0 spiro atoms. The van der Waals surface area contributed by atoms with Crippen LogP contribution in [-0.2, 0) is 4.79 Å². The Morgan fingerprint density at radius 2 is 2.33 bits per heavy atom. The Morgan fingerprint density at radius 1 is 1.57 bits per heavy atom. The van der Waals surface area contributed by atoms with Crippen LogP contribution in [0.4, 0.5) is 11.4 Å². The molecule has 2 aromatic rings. The van der Waals surface area contributed by atoms with Crippen LogP contribution in [0.1, 0.15) is 6.92 Å². The molecule has 1 aromatic heterocycles. The van der Waals surface area contributed by atoms with Gasteiger partial charge in [0.1, 0.15) is 6.33 Å². The van der Waals surface area contributed by atoms with Crippen molar-refractivity contribution in [3.63, 3.8) is 0 Å². The van der Waals surface area contributed by atoms with Gasteiger partial charge in [-0.1, -0.05) is 23.4 Å². The molecule has 0 aliphatic heterocycles. The van der Waals surface area contributed by atoms with Gasteiger partial charge in [-0.05, 0) is 13.0 Å². The first-order valence-electron chi connectivity index (χ1n) is 5.74. The summed E-state index contributed by atoms with van der Waals surface area (Å²) in [5.74, 6) is -0.348. The summed E-state index contributed by atoms with van der Waals surface area (Å²) in [6.45, 7) is 1.67. The first kappa shape index (κ1) is 15.3. The Kier molecular flexibility index (Phi) is 4.76. The number of anilines is 1. The predicted molar refractivity (Wildman–Crippen MR) is 78.4 cm³/mol. The van der Waals surface area contributed by atoms with Gasteiger partial charge in [-0.2, -0.15) is 5.10 Å². The van der Waals surface area contributed by atoms with Crippen molar-refractivity contribution < 1.29 is 9.72 Å². The maximum absolute atomic E-state index is 12.0. The minimum Gasteiger partial charge on any atom is -0.324 e. The van der Waals surface area contributed by atoms with Gasteiger partial charge in [0.05, 0.1) is 20.9 Å². The maximum atomic E-state index is 12.0. The van der Waals surface area contributed by atoms with Crippen molar-refractivity contribution in [3.05, 3.63) is 39.7 Å². The maximum Gasteiger partial charge on any atom is 0.271 e. The summed E-state index contributed by atoms with van der Waals surface area (Å²) >= 11 is 7.10. The number of aromatic amines is 1. The number of carbonyl (C=O) groups is 1. The lowest BCUT2D eigenvalue weighted by Crippen LogP contribution is -2.22. The zero-order valence-electron chi connectivity index (χ0n) is 10.7. The second-order valence-corrected chi connectivity index (χ2v) is 5.70. The number of non-ortho nitro benzene ring substituents is 1. The van der Waals surface area contributed by atoms with E-state index in [1.165, 1.54) is 36.3 Å². The van der Waals surface area contributed by atoms with Crippen molar-refractivity contribution in [3.8, 4) is 0 Å². The quantitative estimate of drug-likeness (QED) is 0.495. The van der Waals surface area contributed by atoms with Gasteiger partial charge in [0.2, 0.25) is 5.91 Å². The average molecular weight is 328 g/mol. The second kappa shape index (κ2) is 6.55. The molecule has 1 heterocycles. The zero-order chi connectivity index (χ0) is 15.4. The highest BCUT2D eigenvalue weighted by atomic mass is 35.5. The lowest BCUT2D eigenvalue weighted by molar-refractivity contribution is -0.384. The minimum absolute atomic E-state index is 0.148. The van der Waals surface area contributed by atoms with E-state index in [0.717, 1.165) is 0 Å². The third-order valence-corrected chi connectivity index (χ3v) is 3.79. The van der Waals surface area contributed by atoms with Crippen molar-refractivity contribution in [2.45, 2.75) is 17.3 Å². The number of amides is 1. The van der Waals surface area contributed by atoms with E-state index in [4.69, 9.17) is 11.6 Å². The Bertz CT molecular complexity index is 664. The molecule has 0 saturated carbocycles. The zero-order valence-corrected chi connectivity index (χ0v) is 12.3. The normalized spacial score (nSPS) is 11.9. The van der Waals surface area contributed by atoms with Gasteiger partial charge in [0.15, 0.2) is 5.16 Å². The summed E-state index contributed by atoms with van der Waals surface area (Å²) in [7, 11) is 0.